The van der Waals surface area contributed by atoms with Crippen LogP contribution in [0.15, 0.2) is 24.5 Å². The molecule has 1 aliphatic rings. The first-order chi connectivity index (χ1) is 9.29. The number of nitrogens with zero attached hydrogens (tertiary/aromatic N) is 3. The van der Waals surface area contributed by atoms with E-state index in [-0.39, 0.29) is 5.91 Å². The topological polar surface area (TPSA) is 48.5 Å². The second-order valence-electron chi connectivity index (χ2n) is 4.80. The fourth-order valence-electron chi connectivity index (χ4n) is 2.25. The highest BCUT2D eigenvalue weighted by atomic mass is 16.2. The first-order valence-electron chi connectivity index (χ1n) is 6.89. The van der Waals surface area contributed by atoms with E-state index in [4.69, 9.17) is 0 Å². The van der Waals surface area contributed by atoms with Gasteiger partial charge in [0.1, 0.15) is 0 Å². The van der Waals surface area contributed by atoms with Gasteiger partial charge in [0.25, 0.3) is 0 Å². The van der Waals surface area contributed by atoms with Crippen molar-refractivity contribution in [1.82, 2.24) is 20.1 Å². The van der Waals surface area contributed by atoms with Gasteiger partial charge in [0.05, 0.1) is 6.54 Å². The van der Waals surface area contributed by atoms with Gasteiger partial charge >= 0.3 is 0 Å². The summed E-state index contributed by atoms with van der Waals surface area (Å²) in [6, 6.07) is 4.06. The highest BCUT2D eigenvalue weighted by molar-refractivity contribution is 5.78. The predicted octanol–water partition coefficient (Wildman–Crippen LogP) is 0.335. The molecule has 19 heavy (non-hydrogen) atoms. The Morgan fingerprint density at radius 2 is 2.16 bits per heavy atom. The largest absolute Gasteiger partial charge is 0.339 e. The van der Waals surface area contributed by atoms with Crippen molar-refractivity contribution in [3.63, 3.8) is 0 Å². The van der Waals surface area contributed by atoms with Gasteiger partial charge < -0.3 is 10.2 Å². The Kier molecular flexibility index (Phi) is 5.30. The maximum absolute atomic E-state index is 11.9. The van der Waals surface area contributed by atoms with Gasteiger partial charge in [0.2, 0.25) is 5.91 Å². The molecule has 1 aromatic heterocycles. The van der Waals surface area contributed by atoms with Crippen LogP contribution in [-0.4, -0.2) is 60.0 Å². The third kappa shape index (κ3) is 4.29. The molecule has 104 valence electrons. The average Bonchev–Trinajstić information content (AvgIpc) is 2.46. The quantitative estimate of drug-likeness (QED) is 0.831. The predicted molar refractivity (Wildman–Crippen MR) is 74.6 cm³/mol. The number of hydrogen-bond donors (Lipinski definition) is 1. The lowest BCUT2D eigenvalue weighted by molar-refractivity contribution is -0.132. The number of hydrogen-bond acceptors (Lipinski definition) is 4. The first kappa shape index (κ1) is 14.0. The van der Waals surface area contributed by atoms with Crippen LogP contribution < -0.4 is 5.32 Å². The maximum atomic E-state index is 11.9. The number of carbonyl (C=O) groups excluding carboxylic acids is 1. The van der Waals surface area contributed by atoms with Gasteiger partial charge in [-0.25, -0.2) is 0 Å². The number of rotatable bonds is 5. The molecule has 0 aromatic carbocycles. The van der Waals surface area contributed by atoms with Crippen molar-refractivity contribution < 1.29 is 4.79 Å². The normalized spacial score (nSPS) is 16.6. The van der Waals surface area contributed by atoms with E-state index in [0.717, 1.165) is 39.3 Å². The van der Waals surface area contributed by atoms with Gasteiger partial charge in [-0.3, -0.25) is 14.7 Å². The van der Waals surface area contributed by atoms with E-state index in [0.29, 0.717) is 6.54 Å². The maximum Gasteiger partial charge on any atom is 0.236 e. The van der Waals surface area contributed by atoms with E-state index in [9.17, 15) is 4.79 Å². The molecule has 0 spiro atoms. The SMILES string of the molecule is CCNCC(=O)N1CCN(Cc2cccnc2)CC1. The van der Waals surface area contributed by atoms with E-state index >= 15 is 0 Å². The van der Waals surface area contributed by atoms with Crippen molar-refractivity contribution in [2.45, 2.75) is 13.5 Å². The van der Waals surface area contributed by atoms with Crippen LogP contribution in [0, 0.1) is 0 Å². The molecule has 1 N–H and O–H groups in total. The van der Waals surface area contributed by atoms with E-state index < -0.39 is 0 Å². The Balaban J connectivity index is 1.75. The third-order valence-corrected chi connectivity index (χ3v) is 3.38. The van der Waals surface area contributed by atoms with Crippen molar-refractivity contribution in [1.29, 1.82) is 0 Å². The van der Waals surface area contributed by atoms with E-state index in [1.165, 1.54) is 5.56 Å². The van der Waals surface area contributed by atoms with Crippen LogP contribution in [0.1, 0.15) is 12.5 Å². The van der Waals surface area contributed by atoms with E-state index in [1.54, 1.807) is 6.20 Å². The molecule has 2 heterocycles. The van der Waals surface area contributed by atoms with Gasteiger partial charge in [-0.2, -0.15) is 0 Å². The summed E-state index contributed by atoms with van der Waals surface area (Å²) >= 11 is 0. The minimum atomic E-state index is 0.211. The molecule has 1 aromatic rings. The summed E-state index contributed by atoms with van der Waals surface area (Å²) < 4.78 is 0. The number of piperazine rings is 1. The summed E-state index contributed by atoms with van der Waals surface area (Å²) in [5.74, 6) is 0.211. The van der Waals surface area contributed by atoms with Crippen molar-refractivity contribution in [2.75, 3.05) is 39.3 Å². The molecule has 0 saturated carbocycles. The van der Waals surface area contributed by atoms with Crippen LogP contribution in [0.5, 0.6) is 0 Å². The Hall–Kier alpha value is -1.46. The van der Waals surface area contributed by atoms with E-state index in [2.05, 4.69) is 21.3 Å². The second kappa shape index (κ2) is 7.21. The van der Waals surface area contributed by atoms with Gasteiger partial charge in [0, 0.05) is 45.1 Å². The van der Waals surface area contributed by atoms with Crippen LogP contribution >= 0.6 is 0 Å². The monoisotopic (exact) mass is 262 g/mol. The molecule has 5 heteroatoms. The van der Waals surface area contributed by atoms with Gasteiger partial charge in [-0.05, 0) is 18.2 Å². The molecule has 1 amide bonds. The van der Waals surface area contributed by atoms with Crippen molar-refractivity contribution in [3.05, 3.63) is 30.1 Å². The lowest BCUT2D eigenvalue weighted by Gasteiger charge is -2.34. The number of aromatic nitrogens is 1. The van der Waals surface area contributed by atoms with E-state index in [1.807, 2.05) is 24.1 Å². The van der Waals surface area contributed by atoms with Crippen molar-refractivity contribution in [2.24, 2.45) is 0 Å². The van der Waals surface area contributed by atoms with Gasteiger partial charge in [0.15, 0.2) is 0 Å². The zero-order valence-electron chi connectivity index (χ0n) is 11.5. The molecule has 0 bridgehead atoms. The molecule has 1 fully saturated rings. The Morgan fingerprint density at radius 3 is 2.79 bits per heavy atom. The molecule has 1 aliphatic heterocycles. The smallest absolute Gasteiger partial charge is 0.236 e. The van der Waals surface area contributed by atoms with Crippen LogP contribution in [0.4, 0.5) is 0 Å². The molecule has 1 saturated heterocycles. The van der Waals surface area contributed by atoms with Crippen LogP contribution in [-0.2, 0) is 11.3 Å². The number of pyridine rings is 1. The van der Waals surface area contributed by atoms with Gasteiger partial charge in [-0.1, -0.05) is 13.0 Å². The summed E-state index contributed by atoms with van der Waals surface area (Å²) in [5, 5.41) is 3.08. The highest BCUT2D eigenvalue weighted by Crippen LogP contribution is 2.07. The summed E-state index contributed by atoms with van der Waals surface area (Å²) in [4.78, 5) is 20.3. The lowest BCUT2D eigenvalue weighted by atomic mass is 10.2. The molecule has 0 atom stereocenters. The highest BCUT2D eigenvalue weighted by Gasteiger charge is 2.20. The number of nitrogens with one attached hydrogen (secondary N) is 1. The van der Waals surface area contributed by atoms with Crippen molar-refractivity contribution in [3.8, 4) is 0 Å². The van der Waals surface area contributed by atoms with Crippen LogP contribution in [0.25, 0.3) is 0 Å². The first-order valence-corrected chi connectivity index (χ1v) is 6.89. The zero-order chi connectivity index (χ0) is 13.5. The molecule has 2 rings (SSSR count). The second-order valence-corrected chi connectivity index (χ2v) is 4.80. The zero-order valence-corrected chi connectivity index (χ0v) is 11.5. The standard InChI is InChI=1S/C14H22N4O/c1-2-15-11-14(19)18-8-6-17(7-9-18)12-13-4-3-5-16-10-13/h3-5,10,15H,2,6-9,11-12H2,1H3. The van der Waals surface area contributed by atoms with Crippen molar-refractivity contribution >= 4 is 5.91 Å². The molecule has 0 aliphatic carbocycles. The number of amides is 1. The van der Waals surface area contributed by atoms with Crippen LogP contribution in [0.3, 0.4) is 0 Å². The summed E-state index contributed by atoms with van der Waals surface area (Å²) in [6.07, 6.45) is 3.70. The minimum Gasteiger partial charge on any atom is -0.339 e. The third-order valence-electron chi connectivity index (χ3n) is 3.38. The lowest BCUT2D eigenvalue weighted by Crippen LogP contribution is -2.50. The summed E-state index contributed by atoms with van der Waals surface area (Å²) in [6.45, 7) is 7.75. The number of carbonyl (C=O) groups is 1. The Morgan fingerprint density at radius 1 is 1.37 bits per heavy atom. The average molecular weight is 262 g/mol. The summed E-state index contributed by atoms with van der Waals surface area (Å²) in [7, 11) is 0. The Labute approximate surface area is 114 Å². The molecular formula is C14H22N4O. The fourth-order valence-corrected chi connectivity index (χ4v) is 2.25. The Bertz CT molecular complexity index is 388. The molecule has 0 radical (unpaired) electrons. The molecule has 0 unspecified atom stereocenters. The number of likely N-dealkylation sites (N-methyl/N-ethyl adjacent to an activating group) is 1. The minimum absolute atomic E-state index is 0.211. The fraction of sp³-hybridized carbons (Fsp3) is 0.571. The molecular weight excluding hydrogens is 240 g/mol. The summed E-state index contributed by atoms with van der Waals surface area (Å²) in [5.41, 5.74) is 1.23. The van der Waals surface area contributed by atoms with Gasteiger partial charge in [-0.15, -0.1) is 0 Å². The van der Waals surface area contributed by atoms with Crippen LogP contribution in [0.2, 0.25) is 0 Å². The molecule has 5 nitrogen and oxygen atoms in total.